The zero-order chi connectivity index (χ0) is 9.90. The molecule has 1 rings (SSSR count). The van der Waals surface area contributed by atoms with E-state index in [4.69, 9.17) is 11.6 Å². The Bertz CT molecular complexity index is 264. The van der Waals surface area contributed by atoms with Gasteiger partial charge in [0.15, 0.2) is 0 Å². The molecule has 0 bridgehead atoms. The van der Waals surface area contributed by atoms with E-state index in [-0.39, 0.29) is 5.41 Å². The van der Waals surface area contributed by atoms with Gasteiger partial charge in [0.25, 0.3) is 0 Å². The van der Waals surface area contributed by atoms with Crippen LogP contribution >= 0.6 is 27.5 Å². The zero-order valence-electron chi connectivity index (χ0n) is 7.98. The minimum Gasteiger partial charge on any atom is -0.126 e. The highest BCUT2D eigenvalue weighted by Gasteiger charge is 2.16. The fourth-order valence-electron chi connectivity index (χ4n) is 1.20. The lowest BCUT2D eigenvalue weighted by Gasteiger charge is -2.21. The third-order valence-electron chi connectivity index (χ3n) is 1.96. The first-order valence-electron chi connectivity index (χ1n) is 4.34. The van der Waals surface area contributed by atoms with Gasteiger partial charge in [-0.05, 0) is 29.5 Å². The zero-order valence-corrected chi connectivity index (χ0v) is 10.3. The van der Waals surface area contributed by atoms with Crippen LogP contribution in [-0.2, 0) is 6.42 Å². The minimum atomic E-state index is 0.190. The van der Waals surface area contributed by atoms with E-state index in [1.807, 2.05) is 0 Å². The van der Waals surface area contributed by atoms with E-state index in [1.54, 1.807) is 0 Å². The molecule has 0 radical (unpaired) electrons. The maximum Gasteiger partial charge on any atom is 0.0277 e. The summed E-state index contributed by atoms with van der Waals surface area (Å²) in [7, 11) is 0. The molecule has 0 heterocycles. The van der Waals surface area contributed by atoms with Gasteiger partial charge in [-0.3, -0.25) is 0 Å². The fraction of sp³-hybridized carbons (Fsp3) is 0.455. The molecular formula is C11H14BrCl. The van der Waals surface area contributed by atoms with Gasteiger partial charge in [-0.25, -0.2) is 0 Å². The first-order chi connectivity index (χ1) is 6.03. The summed E-state index contributed by atoms with van der Waals surface area (Å²) in [5.41, 5.74) is 1.53. The van der Waals surface area contributed by atoms with Gasteiger partial charge in [0.2, 0.25) is 0 Å². The van der Waals surface area contributed by atoms with Gasteiger partial charge in [0.05, 0.1) is 0 Å². The van der Waals surface area contributed by atoms with E-state index in [2.05, 4.69) is 54.0 Å². The van der Waals surface area contributed by atoms with Crippen LogP contribution in [0.1, 0.15) is 19.4 Å². The molecule has 0 amide bonds. The molecule has 0 fully saturated rings. The highest BCUT2D eigenvalue weighted by molar-refractivity contribution is 9.10. The third kappa shape index (κ3) is 3.70. The van der Waals surface area contributed by atoms with Gasteiger partial charge >= 0.3 is 0 Å². The Morgan fingerprint density at radius 2 is 1.77 bits per heavy atom. The summed E-state index contributed by atoms with van der Waals surface area (Å²) in [6, 6.07) is 8.41. The van der Waals surface area contributed by atoms with Crippen LogP contribution in [0.3, 0.4) is 0 Å². The largest absolute Gasteiger partial charge is 0.126 e. The number of alkyl halides is 1. The number of rotatable bonds is 3. The van der Waals surface area contributed by atoms with E-state index in [1.165, 1.54) is 5.56 Å². The third-order valence-corrected chi connectivity index (χ3v) is 3.21. The average Bonchev–Trinajstić information content (AvgIpc) is 2.09. The monoisotopic (exact) mass is 260 g/mol. The summed E-state index contributed by atoms with van der Waals surface area (Å²) >= 11 is 9.28. The standard InChI is InChI=1S/C11H14BrCl/c1-11(2,8-13)7-9-3-5-10(12)6-4-9/h3-6H,7-8H2,1-2H3. The Morgan fingerprint density at radius 3 is 2.23 bits per heavy atom. The van der Waals surface area contributed by atoms with Crippen molar-refractivity contribution in [3.8, 4) is 0 Å². The summed E-state index contributed by atoms with van der Waals surface area (Å²) < 4.78 is 1.12. The first kappa shape index (κ1) is 11.1. The minimum absolute atomic E-state index is 0.190. The van der Waals surface area contributed by atoms with Crippen molar-refractivity contribution in [3.63, 3.8) is 0 Å². The Morgan fingerprint density at radius 1 is 1.23 bits per heavy atom. The molecular weight excluding hydrogens is 247 g/mol. The predicted molar refractivity (Wildman–Crippen MR) is 62.3 cm³/mol. The SMILES string of the molecule is CC(C)(CCl)Cc1ccc(Br)cc1. The molecule has 0 atom stereocenters. The Kier molecular flexibility index (Phi) is 3.81. The molecule has 0 aliphatic rings. The van der Waals surface area contributed by atoms with E-state index in [0.717, 1.165) is 10.9 Å². The quantitative estimate of drug-likeness (QED) is 0.713. The molecule has 2 heteroatoms. The van der Waals surface area contributed by atoms with E-state index >= 15 is 0 Å². The molecule has 1 aromatic rings. The summed E-state index contributed by atoms with van der Waals surface area (Å²) in [4.78, 5) is 0. The normalized spacial score (nSPS) is 11.7. The molecule has 0 spiro atoms. The van der Waals surface area contributed by atoms with Gasteiger partial charge in [0, 0.05) is 10.4 Å². The van der Waals surface area contributed by atoms with E-state index < -0.39 is 0 Å². The van der Waals surface area contributed by atoms with Crippen molar-refractivity contribution in [3.05, 3.63) is 34.3 Å². The highest BCUT2D eigenvalue weighted by atomic mass is 79.9. The second-order valence-electron chi connectivity index (χ2n) is 4.10. The summed E-state index contributed by atoms with van der Waals surface area (Å²) in [6.07, 6.45) is 1.03. The predicted octanol–water partition coefficient (Wildman–Crippen LogP) is 4.26. The number of halogens is 2. The Hall–Kier alpha value is -0.0100. The molecule has 0 aliphatic heterocycles. The van der Waals surface area contributed by atoms with Crippen molar-refractivity contribution in [2.75, 3.05) is 5.88 Å². The molecule has 0 saturated heterocycles. The molecule has 0 saturated carbocycles. The molecule has 0 aromatic heterocycles. The van der Waals surface area contributed by atoms with Crippen molar-refractivity contribution in [1.29, 1.82) is 0 Å². The lowest BCUT2D eigenvalue weighted by Crippen LogP contribution is -2.16. The van der Waals surface area contributed by atoms with Gasteiger partial charge in [-0.2, -0.15) is 0 Å². The van der Waals surface area contributed by atoms with Crippen LogP contribution in [0.2, 0.25) is 0 Å². The van der Waals surface area contributed by atoms with Gasteiger partial charge in [0.1, 0.15) is 0 Å². The average molecular weight is 262 g/mol. The Balaban J connectivity index is 2.69. The van der Waals surface area contributed by atoms with Crippen LogP contribution in [0.5, 0.6) is 0 Å². The molecule has 13 heavy (non-hydrogen) atoms. The van der Waals surface area contributed by atoms with Crippen molar-refractivity contribution < 1.29 is 0 Å². The molecule has 0 N–H and O–H groups in total. The molecule has 0 aliphatic carbocycles. The molecule has 1 aromatic carbocycles. The molecule has 0 nitrogen and oxygen atoms in total. The van der Waals surface area contributed by atoms with Gasteiger partial charge in [-0.1, -0.05) is 41.9 Å². The molecule has 72 valence electrons. The van der Waals surface area contributed by atoms with Crippen LogP contribution in [0, 0.1) is 5.41 Å². The second kappa shape index (κ2) is 4.47. The lowest BCUT2D eigenvalue weighted by molar-refractivity contribution is 0.418. The summed E-state index contributed by atoms with van der Waals surface area (Å²) in [5, 5.41) is 0. The number of hydrogen-bond acceptors (Lipinski definition) is 0. The Labute approximate surface area is 93.4 Å². The summed E-state index contributed by atoms with van der Waals surface area (Å²) in [5.74, 6) is 0.697. The van der Waals surface area contributed by atoms with Crippen LogP contribution in [-0.4, -0.2) is 5.88 Å². The van der Waals surface area contributed by atoms with Crippen LogP contribution < -0.4 is 0 Å². The van der Waals surface area contributed by atoms with Crippen LogP contribution in [0.15, 0.2) is 28.7 Å². The maximum atomic E-state index is 5.87. The fourth-order valence-corrected chi connectivity index (χ4v) is 1.56. The van der Waals surface area contributed by atoms with Gasteiger partial charge < -0.3 is 0 Å². The van der Waals surface area contributed by atoms with Crippen LogP contribution in [0.4, 0.5) is 0 Å². The number of hydrogen-bond donors (Lipinski definition) is 0. The van der Waals surface area contributed by atoms with Crippen LogP contribution in [0.25, 0.3) is 0 Å². The van der Waals surface area contributed by atoms with Crippen molar-refractivity contribution in [2.45, 2.75) is 20.3 Å². The number of benzene rings is 1. The maximum absolute atomic E-state index is 5.87. The second-order valence-corrected chi connectivity index (χ2v) is 5.28. The topological polar surface area (TPSA) is 0 Å². The van der Waals surface area contributed by atoms with Crippen molar-refractivity contribution >= 4 is 27.5 Å². The first-order valence-corrected chi connectivity index (χ1v) is 5.67. The van der Waals surface area contributed by atoms with E-state index in [9.17, 15) is 0 Å². The van der Waals surface area contributed by atoms with Gasteiger partial charge in [-0.15, -0.1) is 11.6 Å². The summed E-state index contributed by atoms with van der Waals surface area (Å²) in [6.45, 7) is 4.37. The van der Waals surface area contributed by atoms with Crippen molar-refractivity contribution in [1.82, 2.24) is 0 Å². The van der Waals surface area contributed by atoms with E-state index in [0.29, 0.717) is 5.88 Å². The highest BCUT2D eigenvalue weighted by Crippen LogP contribution is 2.23. The molecule has 0 unspecified atom stereocenters. The smallest absolute Gasteiger partial charge is 0.0277 e. The lowest BCUT2D eigenvalue weighted by atomic mass is 9.88. The van der Waals surface area contributed by atoms with Crippen molar-refractivity contribution in [2.24, 2.45) is 5.41 Å².